The van der Waals surface area contributed by atoms with E-state index in [4.69, 9.17) is 10.4 Å². The van der Waals surface area contributed by atoms with E-state index in [1.165, 1.54) is 0 Å². The normalized spacial score (nSPS) is 9.75. The van der Waals surface area contributed by atoms with Gasteiger partial charge in [0.05, 0.1) is 19.0 Å². The largest absolute Gasteiger partial charge is 0.396 e. The zero-order chi connectivity index (χ0) is 12.1. The van der Waals surface area contributed by atoms with Crippen LogP contribution in [0.5, 0.6) is 0 Å². The fourth-order valence-corrected chi connectivity index (χ4v) is 1.24. The fourth-order valence-electron chi connectivity index (χ4n) is 1.24. The van der Waals surface area contributed by atoms with Gasteiger partial charge in [-0.25, -0.2) is 0 Å². The third-order valence-electron chi connectivity index (χ3n) is 2.11. The molecule has 92 valence electrons. The first kappa shape index (κ1) is 14.9. The van der Waals surface area contributed by atoms with Crippen molar-refractivity contribution in [2.75, 3.05) is 26.2 Å². The van der Waals surface area contributed by atoms with Crippen LogP contribution in [0, 0.1) is 11.3 Å². The van der Waals surface area contributed by atoms with E-state index in [1.54, 1.807) is 0 Å². The molecule has 0 aliphatic heterocycles. The highest BCUT2D eigenvalue weighted by molar-refractivity contribution is 5.77. The van der Waals surface area contributed by atoms with Crippen LogP contribution in [0.15, 0.2) is 0 Å². The number of carbonyl (C=O) groups excluding carboxylic acids is 1. The molecule has 0 unspecified atom stereocenters. The highest BCUT2D eigenvalue weighted by atomic mass is 16.2. The lowest BCUT2D eigenvalue weighted by atomic mass is 10.2. The zero-order valence-corrected chi connectivity index (χ0v) is 9.67. The monoisotopic (exact) mass is 227 g/mol. The van der Waals surface area contributed by atoms with Crippen molar-refractivity contribution in [3.8, 4) is 6.07 Å². The molecule has 5 heteroatoms. The second kappa shape index (κ2) is 12.0. The Kier molecular flexibility index (Phi) is 11.1. The summed E-state index contributed by atoms with van der Waals surface area (Å²) in [4.78, 5) is 11.1. The van der Waals surface area contributed by atoms with E-state index < -0.39 is 0 Å². The highest BCUT2D eigenvalue weighted by Gasteiger charge is 1.98. The molecule has 16 heavy (non-hydrogen) atoms. The van der Waals surface area contributed by atoms with Gasteiger partial charge in [-0.05, 0) is 19.4 Å². The van der Waals surface area contributed by atoms with Crippen LogP contribution in [-0.2, 0) is 4.79 Å². The second-order valence-electron chi connectivity index (χ2n) is 3.57. The first-order chi connectivity index (χ1) is 7.81. The number of rotatable bonds is 10. The van der Waals surface area contributed by atoms with Crippen molar-refractivity contribution in [3.05, 3.63) is 0 Å². The van der Waals surface area contributed by atoms with Gasteiger partial charge in [0.25, 0.3) is 0 Å². The maximum atomic E-state index is 11.1. The van der Waals surface area contributed by atoms with Gasteiger partial charge in [-0.15, -0.1) is 0 Å². The van der Waals surface area contributed by atoms with E-state index in [0.717, 1.165) is 32.2 Å². The molecule has 0 saturated carbocycles. The van der Waals surface area contributed by atoms with Crippen molar-refractivity contribution in [1.82, 2.24) is 10.6 Å². The Bertz CT molecular complexity index is 214. The molecule has 0 aliphatic rings. The van der Waals surface area contributed by atoms with Crippen LogP contribution in [-0.4, -0.2) is 37.3 Å². The quantitative estimate of drug-likeness (QED) is 0.464. The minimum Gasteiger partial charge on any atom is -0.396 e. The SMILES string of the molecule is N#CCCNC(=O)CNCCCCCCO. The van der Waals surface area contributed by atoms with Gasteiger partial charge >= 0.3 is 0 Å². The summed E-state index contributed by atoms with van der Waals surface area (Å²) in [6, 6.07) is 1.96. The molecule has 0 aromatic rings. The number of nitrogens with one attached hydrogen (secondary N) is 2. The summed E-state index contributed by atoms with van der Waals surface area (Å²) in [6.45, 7) is 1.81. The lowest BCUT2D eigenvalue weighted by Crippen LogP contribution is -2.34. The number of hydrogen-bond acceptors (Lipinski definition) is 4. The smallest absolute Gasteiger partial charge is 0.233 e. The van der Waals surface area contributed by atoms with E-state index in [1.807, 2.05) is 6.07 Å². The van der Waals surface area contributed by atoms with Gasteiger partial charge < -0.3 is 15.7 Å². The molecule has 1 amide bonds. The van der Waals surface area contributed by atoms with Crippen LogP contribution in [0.1, 0.15) is 32.1 Å². The minimum absolute atomic E-state index is 0.0643. The molecule has 0 fully saturated rings. The van der Waals surface area contributed by atoms with E-state index in [-0.39, 0.29) is 12.5 Å². The van der Waals surface area contributed by atoms with E-state index in [9.17, 15) is 4.79 Å². The first-order valence-electron chi connectivity index (χ1n) is 5.76. The van der Waals surface area contributed by atoms with Gasteiger partial charge in [0.1, 0.15) is 0 Å². The molecule has 0 spiro atoms. The summed E-state index contributed by atoms with van der Waals surface area (Å²) >= 11 is 0. The molecular weight excluding hydrogens is 206 g/mol. The summed E-state index contributed by atoms with van der Waals surface area (Å²) in [5, 5.41) is 22.5. The van der Waals surface area contributed by atoms with Crippen LogP contribution in [0.2, 0.25) is 0 Å². The van der Waals surface area contributed by atoms with Crippen LogP contribution in [0.4, 0.5) is 0 Å². The lowest BCUT2D eigenvalue weighted by Gasteiger charge is -2.05. The number of aliphatic hydroxyl groups excluding tert-OH is 1. The van der Waals surface area contributed by atoms with Crippen molar-refractivity contribution in [1.29, 1.82) is 5.26 Å². The Morgan fingerprint density at radius 3 is 2.62 bits per heavy atom. The Morgan fingerprint density at radius 1 is 1.19 bits per heavy atom. The number of carbonyl (C=O) groups is 1. The molecule has 0 radical (unpaired) electrons. The standard InChI is InChI=1S/C11H21N3O2/c12-6-5-8-14-11(16)10-13-7-3-1-2-4-9-15/h13,15H,1-5,7-10H2,(H,14,16). The van der Waals surface area contributed by atoms with Crippen LogP contribution < -0.4 is 10.6 Å². The summed E-state index contributed by atoms with van der Waals surface area (Å²) in [5.41, 5.74) is 0. The van der Waals surface area contributed by atoms with Gasteiger partial charge in [-0.1, -0.05) is 12.8 Å². The van der Waals surface area contributed by atoms with Crippen LogP contribution >= 0.6 is 0 Å². The Hall–Kier alpha value is -1.12. The number of amides is 1. The molecule has 0 heterocycles. The average molecular weight is 227 g/mol. The number of aliphatic hydroxyl groups is 1. The summed E-state index contributed by atoms with van der Waals surface area (Å²) in [5.74, 6) is -0.0643. The molecule has 5 nitrogen and oxygen atoms in total. The topological polar surface area (TPSA) is 85.2 Å². The van der Waals surface area contributed by atoms with Crippen molar-refractivity contribution >= 4 is 5.91 Å². The molecule has 0 aromatic carbocycles. The van der Waals surface area contributed by atoms with Crippen LogP contribution in [0.25, 0.3) is 0 Å². The molecule has 0 aromatic heterocycles. The minimum atomic E-state index is -0.0643. The Morgan fingerprint density at radius 2 is 1.94 bits per heavy atom. The highest BCUT2D eigenvalue weighted by Crippen LogP contribution is 1.97. The van der Waals surface area contributed by atoms with Crippen molar-refractivity contribution in [2.45, 2.75) is 32.1 Å². The second-order valence-corrected chi connectivity index (χ2v) is 3.57. The maximum absolute atomic E-state index is 11.1. The number of nitrogens with zero attached hydrogens (tertiary/aromatic N) is 1. The van der Waals surface area contributed by atoms with Gasteiger partial charge in [-0.2, -0.15) is 5.26 Å². The van der Waals surface area contributed by atoms with E-state index in [2.05, 4.69) is 10.6 Å². The molecule has 0 rings (SSSR count). The Balaban J connectivity index is 3.12. The van der Waals surface area contributed by atoms with Gasteiger partial charge in [0, 0.05) is 13.2 Å². The number of unbranched alkanes of at least 4 members (excludes halogenated alkanes) is 3. The van der Waals surface area contributed by atoms with Gasteiger partial charge in [0.15, 0.2) is 0 Å². The number of nitriles is 1. The summed E-state index contributed by atoms with van der Waals surface area (Å²) < 4.78 is 0. The first-order valence-corrected chi connectivity index (χ1v) is 5.76. The van der Waals surface area contributed by atoms with Gasteiger partial charge in [0.2, 0.25) is 5.91 Å². The maximum Gasteiger partial charge on any atom is 0.233 e. The fraction of sp³-hybridized carbons (Fsp3) is 0.818. The van der Waals surface area contributed by atoms with E-state index in [0.29, 0.717) is 19.5 Å². The summed E-state index contributed by atoms with van der Waals surface area (Å²) in [6.07, 6.45) is 4.34. The molecule has 0 bridgehead atoms. The predicted octanol–water partition coefficient (Wildman–Crippen LogP) is 0.159. The molecule has 0 aliphatic carbocycles. The average Bonchev–Trinajstić information content (AvgIpc) is 2.28. The number of hydrogen-bond donors (Lipinski definition) is 3. The molecule has 0 atom stereocenters. The Labute approximate surface area is 96.8 Å². The van der Waals surface area contributed by atoms with Crippen LogP contribution in [0.3, 0.4) is 0 Å². The molecule has 3 N–H and O–H groups in total. The van der Waals surface area contributed by atoms with Crippen molar-refractivity contribution < 1.29 is 9.90 Å². The predicted molar refractivity (Wildman–Crippen MR) is 61.7 cm³/mol. The molecular formula is C11H21N3O2. The van der Waals surface area contributed by atoms with Gasteiger partial charge in [-0.3, -0.25) is 4.79 Å². The lowest BCUT2D eigenvalue weighted by molar-refractivity contribution is -0.120. The van der Waals surface area contributed by atoms with Crippen molar-refractivity contribution in [3.63, 3.8) is 0 Å². The molecule has 0 saturated heterocycles. The summed E-state index contributed by atoms with van der Waals surface area (Å²) in [7, 11) is 0. The van der Waals surface area contributed by atoms with E-state index >= 15 is 0 Å². The zero-order valence-electron chi connectivity index (χ0n) is 9.67. The third-order valence-corrected chi connectivity index (χ3v) is 2.11. The van der Waals surface area contributed by atoms with Crippen molar-refractivity contribution in [2.24, 2.45) is 0 Å². The third kappa shape index (κ3) is 11.0.